The molecular formula is C40H56N4O4S. The highest BCUT2D eigenvalue weighted by Crippen LogP contribution is 2.38. The van der Waals surface area contributed by atoms with Crippen molar-refractivity contribution in [1.29, 1.82) is 0 Å². The minimum atomic E-state index is -1.85. The molecule has 0 aromatic heterocycles. The molecule has 9 heteroatoms. The number of benzene rings is 2. The van der Waals surface area contributed by atoms with E-state index in [0.29, 0.717) is 35.3 Å². The molecule has 0 amide bonds. The molecule has 0 bridgehead atoms. The van der Waals surface area contributed by atoms with Gasteiger partial charge < -0.3 is 14.2 Å². The zero-order chi connectivity index (χ0) is 35.2. The van der Waals surface area contributed by atoms with Crippen LogP contribution in [0.5, 0.6) is 11.5 Å². The number of carbonyl (C=O) groups excluding carboxylic acids is 1. The van der Waals surface area contributed by atoms with Crippen molar-refractivity contribution in [2.45, 2.75) is 130 Å². The number of aliphatic imine (C=N–C) groups is 1. The van der Waals surface area contributed by atoms with Crippen LogP contribution in [0.25, 0.3) is 4.85 Å². The number of rotatable bonds is 21. The van der Waals surface area contributed by atoms with Crippen LogP contribution in [0.3, 0.4) is 0 Å². The minimum absolute atomic E-state index is 0.0386. The van der Waals surface area contributed by atoms with E-state index >= 15 is 0 Å². The van der Waals surface area contributed by atoms with Gasteiger partial charge in [-0.05, 0) is 61.2 Å². The molecule has 8 nitrogen and oxygen atoms in total. The van der Waals surface area contributed by atoms with E-state index in [2.05, 4.69) is 28.7 Å². The van der Waals surface area contributed by atoms with Gasteiger partial charge in [-0.1, -0.05) is 111 Å². The Morgan fingerprint density at radius 2 is 1.57 bits per heavy atom. The zero-order valence-electron chi connectivity index (χ0n) is 30.2. The second-order valence-electron chi connectivity index (χ2n) is 14.3. The van der Waals surface area contributed by atoms with Crippen LogP contribution >= 0.6 is 0 Å². The van der Waals surface area contributed by atoms with Gasteiger partial charge in [0.25, 0.3) is 0 Å². The number of Topliss-reactive ketones (excluding diaryl/α,β-unsaturated/α-hetero) is 1. The Hall–Kier alpha value is -3.64. The number of anilines is 1. The van der Waals surface area contributed by atoms with Crippen molar-refractivity contribution in [3.63, 3.8) is 0 Å². The van der Waals surface area contributed by atoms with Gasteiger partial charge in [0, 0.05) is 16.7 Å². The fourth-order valence-corrected chi connectivity index (χ4v) is 7.05. The number of carbonyl (C=O) groups is 1. The van der Waals surface area contributed by atoms with Crippen LogP contribution in [-0.4, -0.2) is 34.5 Å². The summed E-state index contributed by atoms with van der Waals surface area (Å²) >= 11 is -1.85. The number of nitrogens with one attached hydrogen (secondary N) is 2. The summed E-state index contributed by atoms with van der Waals surface area (Å²) in [4.78, 5) is 21.6. The third kappa shape index (κ3) is 11.2. The van der Waals surface area contributed by atoms with Gasteiger partial charge in [0.1, 0.15) is 11.6 Å². The van der Waals surface area contributed by atoms with E-state index in [0.717, 1.165) is 31.2 Å². The molecule has 266 valence electrons. The van der Waals surface area contributed by atoms with Gasteiger partial charge in [0.2, 0.25) is 0 Å². The molecule has 0 saturated carbocycles. The van der Waals surface area contributed by atoms with Crippen LogP contribution in [0.2, 0.25) is 0 Å². The van der Waals surface area contributed by atoms with Crippen LogP contribution in [0.4, 0.5) is 5.69 Å². The lowest BCUT2D eigenvalue weighted by atomic mass is 9.80. The van der Waals surface area contributed by atoms with Gasteiger partial charge in [-0.15, -0.1) is 0 Å². The highest BCUT2D eigenvalue weighted by atomic mass is 32.2. The summed E-state index contributed by atoms with van der Waals surface area (Å²) in [7, 11) is 0. The molecule has 2 aromatic carbocycles. The number of aryl methyl sites for hydroxylation is 1. The lowest BCUT2D eigenvalue weighted by Crippen LogP contribution is -2.44. The number of ether oxygens (including phenoxy) is 1. The Morgan fingerprint density at radius 3 is 2.22 bits per heavy atom. The predicted molar refractivity (Wildman–Crippen MR) is 201 cm³/mol. The predicted octanol–water partition coefficient (Wildman–Crippen LogP) is 9.53. The molecule has 0 fully saturated rings. The zero-order valence-corrected chi connectivity index (χ0v) is 31.0. The largest absolute Gasteiger partial charge is 0.490 e. The van der Waals surface area contributed by atoms with Crippen LogP contribution in [0, 0.1) is 17.9 Å². The van der Waals surface area contributed by atoms with Gasteiger partial charge in [-0.25, -0.2) is 4.85 Å². The highest BCUT2D eigenvalue weighted by Gasteiger charge is 2.48. The van der Waals surface area contributed by atoms with Crippen molar-refractivity contribution >= 4 is 28.6 Å². The second kappa shape index (κ2) is 18.9. The molecule has 2 aliphatic rings. The molecule has 1 heterocycles. The van der Waals surface area contributed by atoms with Crippen LogP contribution in [-0.2, 0) is 22.5 Å². The maximum atomic E-state index is 13.2. The molecule has 0 spiro atoms. The number of amidine groups is 1. The fraction of sp³-hybridized carbons (Fsp3) is 0.575. The average Bonchev–Trinajstić information content (AvgIpc) is 3.64. The van der Waals surface area contributed by atoms with Crippen molar-refractivity contribution in [3.05, 3.63) is 76.8 Å². The lowest BCUT2D eigenvalue weighted by Gasteiger charge is -2.26. The van der Waals surface area contributed by atoms with Gasteiger partial charge in [0.05, 0.1) is 31.2 Å². The summed E-state index contributed by atoms with van der Waals surface area (Å²) in [6.45, 7) is 18.3. The summed E-state index contributed by atoms with van der Waals surface area (Å²) in [5.74, 6) is 1.30. The molecule has 49 heavy (non-hydrogen) atoms. The monoisotopic (exact) mass is 688 g/mol. The summed E-state index contributed by atoms with van der Waals surface area (Å²) in [5.41, 5.74) is 2.59. The number of unbranched alkanes of at least 4 members (excludes halogenated alkanes) is 10. The number of hydrogen-bond donors (Lipinski definition) is 2. The molecule has 4 unspecified atom stereocenters. The van der Waals surface area contributed by atoms with Crippen molar-refractivity contribution in [1.82, 2.24) is 5.32 Å². The Morgan fingerprint density at radius 1 is 0.918 bits per heavy atom. The van der Waals surface area contributed by atoms with E-state index in [1.807, 2.05) is 69.3 Å². The third-order valence-electron chi connectivity index (χ3n) is 9.23. The normalized spacial score (nSPS) is 18.9. The number of hydrogen-bond acceptors (Lipinski definition) is 6. The lowest BCUT2D eigenvalue weighted by molar-refractivity contribution is -0.129. The molecule has 0 radical (unpaired) electrons. The number of ketones is 1. The highest BCUT2D eigenvalue weighted by molar-refractivity contribution is 7.82. The van der Waals surface area contributed by atoms with Crippen LogP contribution in [0.1, 0.15) is 123 Å². The molecule has 1 aliphatic carbocycles. The maximum Gasteiger partial charge on any atom is 0.316 e. The molecule has 4 rings (SSSR count). The summed E-state index contributed by atoms with van der Waals surface area (Å²) in [6.07, 6.45) is 17.4. The van der Waals surface area contributed by atoms with Crippen molar-refractivity contribution in [2.75, 3.05) is 11.3 Å². The fourth-order valence-electron chi connectivity index (χ4n) is 6.38. The molecule has 0 saturated heterocycles. The Kier molecular flexibility index (Phi) is 14.8. The number of nitrogens with zero attached hydrogens (tertiary/aromatic N) is 2. The quantitative estimate of drug-likeness (QED) is 0.101. The van der Waals surface area contributed by atoms with E-state index in [1.165, 1.54) is 63.4 Å². The van der Waals surface area contributed by atoms with E-state index in [1.54, 1.807) is 0 Å². The number of fused-ring (bicyclic) bond motifs is 1. The van der Waals surface area contributed by atoms with E-state index in [9.17, 15) is 9.00 Å². The molecule has 2 aromatic rings. The van der Waals surface area contributed by atoms with Crippen molar-refractivity contribution in [3.8, 4) is 11.5 Å². The van der Waals surface area contributed by atoms with E-state index < -0.39 is 22.6 Å². The maximum absolute atomic E-state index is 13.2. The van der Waals surface area contributed by atoms with Gasteiger partial charge in [-0.2, -0.15) is 4.21 Å². The SMILES string of the molecule is [C-]#[N+]C1=CC2N=C(c3ccc(NS(=O)Oc4ccc(CCCCCCCC)cc4OCCCCCCCC)cc3)NC2C1C(=O)C(C)(C)C. The first kappa shape index (κ1) is 38.2. The van der Waals surface area contributed by atoms with Crippen LogP contribution in [0.15, 0.2) is 59.2 Å². The van der Waals surface area contributed by atoms with Crippen molar-refractivity contribution < 1.29 is 17.9 Å². The van der Waals surface area contributed by atoms with Gasteiger partial charge in [-0.3, -0.25) is 14.5 Å². The minimum Gasteiger partial charge on any atom is -0.490 e. The van der Waals surface area contributed by atoms with E-state index in [4.69, 9.17) is 20.5 Å². The summed E-state index contributed by atoms with van der Waals surface area (Å²) in [5, 5.41) is 3.41. The first-order valence-electron chi connectivity index (χ1n) is 18.3. The molecule has 4 atom stereocenters. The smallest absolute Gasteiger partial charge is 0.316 e. The standard InChI is InChI=1S/C40H56N4O4S/c1-7-9-11-13-15-17-19-29-20-25-34(35(27-29)47-26-18-16-14-12-10-8-2)48-49(46)44-31-23-21-30(22-24-31)39-42-33-28-32(41-6)36(37(33)43-39)38(45)40(3,4)5/h20-25,27-28,33,36-37,44H,7-19,26H2,1-5H3,(H,42,43). The Bertz CT molecular complexity index is 1510. The summed E-state index contributed by atoms with van der Waals surface area (Å²) in [6, 6.07) is 12.9. The molecule has 1 aliphatic heterocycles. The topological polar surface area (TPSA) is 93.4 Å². The van der Waals surface area contributed by atoms with Crippen molar-refractivity contribution in [2.24, 2.45) is 16.3 Å². The first-order valence-corrected chi connectivity index (χ1v) is 19.4. The molecular weight excluding hydrogens is 633 g/mol. The van der Waals surface area contributed by atoms with Gasteiger partial charge >= 0.3 is 11.3 Å². The first-order chi connectivity index (χ1) is 23.6. The molecule has 2 N–H and O–H groups in total. The Balaban J connectivity index is 1.35. The summed E-state index contributed by atoms with van der Waals surface area (Å²) < 4.78 is 28.2. The average molecular weight is 689 g/mol. The Labute approximate surface area is 297 Å². The van der Waals surface area contributed by atoms with Crippen LogP contribution < -0.4 is 19.0 Å². The van der Waals surface area contributed by atoms with Gasteiger partial charge in [0.15, 0.2) is 17.2 Å². The second-order valence-corrected chi connectivity index (χ2v) is 15.2. The van der Waals surface area contributed by atoms with E-state index in [-0.39, 0.29) is 17.9 Å². The third-order valence-corrected chi connectivity index (χ3v) is 9.96.